The van der Waals surface area contributed by atoms with Gasteiger partial charge in [-0.3, -0.25) is 0 Å². The maximum atomic E-state index is 14.3. The first-order valence-corrected chi connectivity index (χ1v) is 7.50. The minimum absolute atomic E-state index is 0.0795. The third-order valence-electron chi connectivity index (χ3n) is 3.93. The van der Waals surface area contributed by atoms with Gasteiger partial charge in [-0.1, -0.05) is 25.8 Å². The van der Waals surface area contributed by atoms with E-state index in [0.717, 1.165) is 30.9 Å². The fourth-order valence-electron chi connectivity index (χ4n) is 2.78. The van der Waals surface area contributed by atoms with Gasteiger partial charge in [0.25, 0.3) is 0 Å². The van der Waals surface area contributed by atoms with E-state index in [1.807, 2.05) is 6.07 Å². The molecule has 0 amide bonds. The van der Waals surface area contributed by atoms with Gasteiger partial charge in [-0.25, -0.2) is 4.39 Å². The van der Waals surface area contributed by atoms with Crippen LogP contribution in [0.1, 0.15) is 51.1 Å². The summed E-state index contributed by atoms with van der Waals surface area (Å²) in [7, 11) is 0. The van der Waals surface area contributed by atoms with Gasteiger partial charge >= 0.3 is 0 Å². The third kappa shape index (κ3) is 3.69. The lowest BCUT2D eigenvalue weighted by atomic mass is 10.1. The maximum absolute atomic E-state index is 14.3. The zero-order valence-corrected chi connectivity index (χ0v) is 12.1. The van der Waals surface area contributed by atoms with Crippen molar-refractivity contribution in [3.63, 3.8) is 0 Å². The molecule has 1 unspecified atom stereocenters. The summed E-state index contributed by atoms with van der Waals surface area (Å²) in [4.78, 5) is 2.20. The number of hydrogen-bond acceptors (Lipinski definition) is 2. The Bertz CT molecular complexity index is 398. The second-order valence-corrected chi connectivity index (χ2v) is 5.39. The SMILES string of the molecule is CCNC(C)c1ccc(N2CCCCCC2)c(F)c1. The van der Waals surface area contributed by atoms with Gasteiger partial charge in [0.1, 0.15) is 5.82 Å². The molecule has 1 heterocycles. The van der Waals surface area contributed by atoms with Crippen LogP contribution in [0.4, 0.5) is 10.1 Å². The van der Waals surface area contributed by atoms with Gasteiger partial charge in [0, 0.05) is 19.1 Å². The smallest absolute Gasteiger partial charge is 0.146 e. The van der Waals surface area contributed by atoms with Gasteiger partial charge in [-0.15, -0.1) is 0 Å². The van der Waals surface area contributed by atoms with E-state index >= 15 is 0 Å². The van der Waals surface area contributed by atoms with Gasteiger partial charge in [-0.2, -0.15) is 0 Å². The number of nitrogens with one attached hydrogen (secondary N) is 1. The Hall–Kier alpha value is -1.09. The van der Waals surface area contributed by atoms with Crippen LogP contribution in [0.3, 0.4) is 0 Å². The van der Waals surface area contributed by atoms with Crippen LogP contribution in [0, 0.1) is 5.82 Å². The first-order valence-electron chi connectivity index (χ1n) is 7.50. The monoisotopic (exact) mass is 264 g/mol. The Kier molecular flexibility index (Phi) is 5.20. The summed E-state index contributed by atoms with van der Waals surface area (Å²) in [6.07, 6.45) is 4.89. The molecule has 2 nitrogen and oxygen atoms in total. The van der Waals surface area contributed by atoms with Gasteiger partial charge < -0.3 is 10.2 Å². The molecule has 1 aromatic carbocycles. The topological polar surface area (TPSA) is 15.3 Å². The molecule has 0 spiro atoms. The van der Waals surface area contributed by atoms with E-state index in [0.29, 0.717) is 0 Å². The summed E-state index contributed by atoms with van der Waals surface area (Å²) in [5, 5.41) is 3.32. The van der Waals surface area contributed by atoms with E-state index in [9.17, 15) is 4.39 Å². The summed E-state index contributed by atoms with van der Waals surface area (Å²) in [5.41, 5.74) is 1.80. The van der Waals surface area contributed by atoms with Crippen molar-refractivity contribution in [1.82, 2.24) is 5.32 Å². The lowest BCUT2D eigenvalue weighted by Gasteiger charge is -2.24. The molecule has 1 aromatic rings. The van der Waals surface area contributed by atoms with Crippen molar-refractivity contribution in [3.05, 3.63) is 29.6 Å². The Balaban J connectivity index is 2.13. The quantitative estimate of drug-likeness (QED) is 0.888. The molecule has 1 aliphatic heterocycles. The molecule has 0 radical (unpaired) electrons. The fourth-order valence-corrected chi connectivity index (χ4v) is 2.78. The van der Waals surface area contributed by atoms with E-state index in [1.54, 1.807) is 6.07 Å². The fraction of sp³-hybridized carbons (Fsp3) is 0.625. The van der Waals surface area contributed by atoms with Crippen LogP contribution in [0.2, 0.25) is 0 Å². The van der Waals surface area contributed by atoms with Gasteiger partial charge in [0.05, 0.1) is 5.69 Å². The standard InChI is InChI=1S/C16H25FN2/c1-3-18-13(2)14-8-9-16(15(17)12-14)19-10-6-4-5-7-11-19/h8-9,12-13,18H,3-7,10-11H2,1-2H3. The van der Waals surface area contributed by atoms with Crippen molar-refractivity contribution in [2.45, 2.75) is 45.6 Å². The van der Waals surface area contributed by atoms with Crippen LogP contribution in [0.25, 0.3) is 0 Å². The average molecular weight is 264 g/mol. The molecule has 1 saturated heterocycles. The molecule has 1 fully saturated rings. The predicted molar refractivity (Wildman–Crippen MR) is 79.2 cm³/mol. The Labute approximate surface area is 116 Å². The van der Waals surface area contributed by atoms with Crippen LogP contribution in [0.5, 0.6) is 0 Å². The summed E-state index contributed by atoms with van der Waals surface area (Å²) in [5.74, 6) is -0.0795. The molecule has 0 aromatic heterocycles. The zero-order chi connectivity index (χ0) is 13.7. The minimum atomic E-state index is -0.0795. The molecule has 3 heteroatoms. The molecule has 0 bridgehead atoms. The molecule has 1 aliphatic rings. The van der Waals surface area contributed by atoms with Crippen LogP contribution >= 0.6 is 0 Å². The normalized spacial score (nSPS) is 18.2. The predicted octanol–water partition coefficient (Wildman–Crippen LogP) is 3.88. The van der Waals surface area contributed by atoms with Crippen molar-refractivity contribution in [2.75, 3.05) is 24.5 Å². The first-order chi connectivity index (χ1) is 9.22. The summed E-state index contributed by atoms with van der Waals surface area (Å²) in [6, 6.07) is 5.89. The molecule has 0 saturated carbocycles. The summed E-state index contributed by atoms with van der Waals surface area (Å²) < 4.78 is 14.3. The second kappa shape index (κ2) is 6.90. The number of benzene rings is 1. The molecule has 1 N–H and O–H groups in total. The average Bonchev–Trinajstić information content (AvgIpc) is 2.67. The summed E-state index contributed by atoms with van der Waals surface area (Å²) >= 11 is 0. The highest BCUT2D eigenvalue weighted by atomic mass is 19.1. The molecule has 0 aliphatic carbocycles. The van der Waals surface area contributed by atoms with E-state index in [4.69, 9.17) is 0 Å². The lowest BCUT2D eigenvalue weighted by molar-refractivity contribution is 0.580. The van der Waals surface area contributed by atoms with Crippen molar-refractivity contribution < 1.29 is 4.39 Å². The highest BCUT2D eigenvalue weighted by molar-refractivity contribution is 5.49. The maximum Gasteiger partial charge on any atom is 0.146 e. The zero-order valence-electron chi connectivity index (χ0n) is 12.1. The van der Waals surface area contributed by atoms with Gasteiger partial charge in [-0.05, 0) is 44.0 Å². The van der Waals surface area contributed by atoms with Crippen molar-refractivity contribution in [2.24, 2.45) is 0 Å². The molecule has 2 rings (SSSR count). The van der Waals surface area contributed by atoms with Gasteiger partial charge in [0.2, 0.25) is 0 Å². The molecular formula is C16H25FN2. The Morgan fingerprint density at radius 3 is 2.47 bits per heavy atom. The minimum Gasteiger partial charge on any atom is -0.369 e. The van der Waals surface area contributed by atoms with E-state index in [-0.39, 0.29) is 11.9 Å². The third-order valence-corrected chi connectivity index (χ3v) is 3.93. The summed E-state index contributed by atoms with van der Waals surface area (Å²) in [6.45, 7) is 7.01. The van der Waals surface area contributed by atoms with Gasteiger partial charge in [0.15, 0.2) is 0 Å². The van der Waals surface area contributed by atoms with E-state index in [2.05, 4.69) is 30.1 Å². The molecular weight excluding hydrogens is 239 g/mol. The van der Waals surface area contributed by atoms with Crippen molar-refractivity contribution >= 4 is 5.69 Å². The van der Waals surface area contributed by atoms with E-state index < -0.39 is 0 Å². The first kappa shape index (κ1) is 14.3. The number of hydrogen-bond donors (Lipinski definition) is 1. The van der Waals surface area contributed by atoms with Crippen molar-refractivity contribution in [3.8, 4) is 0 Å². The molecule has 1 atom stereocenters. The highest BCUT2D eigenvalue weighted by Crippen LogP contribution is 2.25. The highest BCUT2D eigenvalue weighted by Gasteiger charge is 2.15. The largest absolute Gasteiger partial charge is 0.369 e. The number of anilines is 1. The lowest BCUT2D eigenvalue weighted by Crippen LogP contribution is -2.25. The Morgan fingerprint density at radius 2 is 1.89 bits per heavy atom. The number of nitrogens with zero attached hydrogens (tertiary/aromatic N) is 1. The van der Waals surface area contributed by atoms with Crippen LogP contribution in [-0.4, -0.2) is 19.6 Å². The molecule has 19 heavy (non-hydrogen) atoms. The van der Waals surface area contributed by atoms with Crippen LogP contribution in [0.15, 0.2) is 18.2 Å². The number of halogens is 1. The van der Waals surface area contributed by atoms with Crippen LogP contribution in [-0.2, 0) is 0 Å². The second-order valence-electron chi connectivity index (χ2n) is 5.39. The van der Waals surface area contributed by atoms with Crippen LogP contribution < -0.4 is 10.2 Å². The number of rotatable bonds is 4. The van der Waals surface area contributed by atoms with Crippen molar-refractivity contribution in [1.29, 1.82) is 0 Å². The van der Waals surface area contributed by atoms with E-state index in [1.165, 1.54) is 25.7 Å². The Morgan fingerprint density at radius 1 is 1.21 bits per heavy atom. The molecule has 106 valence electrons.